The van der Waals surface area contributed by atoms with Crippen LogP contribution >= 0.6 is 15.9 Å². The van der Waals surface area contributed by atoms with Gasteiger partial charge in [0, 0.05) is 10.2 Å². The lowest BCUT2D eigenvalue weighted by atomic mass is 9.95. The molecule has 2 aromatic rings. The second-order valence-electron chi connectivity index (χ2n) is 6.00. The second-order valence-corrected chi connectivity index (χ2v) is 6.91. The van der Waals surface area contributed by atoms with Gasteiger partial charge in [-0.25, -0.2) is 9.59 Å². The SMILES string of the molecule is COC(=O)C1=C(C)N(Cc2ccccc2)C(=O)N[C@H]1c1ccc(Br)cc1. The summed E-state index contributed by atoms with van der Waals surface area (Å²) in [5, 5.41) is 2.93. The average molecular weight is 415 g/mol. The zero-order valence-corrected chi connectivity index (χ0v) is 16.1. The van der Waals surface area contributed by atoms with E-state index < -0.39 is 12.0 Å². The Morgan fingerprint density at radius 3 is 2.42 bits per heavy atom. The first-order valence-electron chi connectivity index (χ1n) is 8.17. The van der Waals surface area contributed by atoms with Crippen molar-refractivity contribution in [2.75, 3.05) is 7.11 Å². The number of hydrogen-bond acceptors (Lipinski definition) is 3. The van der Waals surface area contributed by atoms with Crippen LogP contribution in [0.3, 0.4) is 0 Å². The molecule has 0 saturated heterocycles. The maximum absolute atomic E-state index is 12.7. The predicted molar refractivity (Wildman–Crippen MR) is 102 cm³/mol. The minimum absolute atomic E-state index is 0.244. The van der Waals surface area contributed by atoms with Gasteiger partial charge in [-0.2, -0.15) is 0 Å². The van der Waals surface area contributed by atoms with Crippen LogP contribution in [0.4, 0.5) is 4.79 Å². The molecule has 1 aliphatic heterocycles. The molecule has 5 nitrogen and oxygen atoms in total. The summed E-state index contributed by atoms with van der Waals surface area (Å²) in [5.41, 5.74) is 2.83. The number of methoxy groups -OCH3 is 1. The van der Waals surface area contributed by atoms with E-state index in [0.29, 0.717) is 17.8 Å². The summed E-state index contributed by atoms with van der Waals surface area (Å²) in [6, 6.07) is 16.4. The molecule has 1 N–H and O–H groups in total. The van der Waals surface area contributed by atoms with Crippen LogP contribution in [0.25, 0.3) is 0 Å². The van der Waals surface area contributed by atoms with E-state index in [0.717, 1.165) is 15.6 Å². The van der Waals surface area contributed by atoms with Gasteiger partial charge in [-0.1, -0.05) is 58.4 Å². The molecule has 1 aliphatic rings. The van der Waals surface area contributed by atoms with Crippen molar-refractivity contribution >= 4 is 27.9 Å². The molecule has 0 saturated carbocycles. The Bertz CT molecular complexity index is 847. The fraction of sp³-hybridized carbons (Fsp3) is 0.200. The molecule has 2 aromatic carbocycles. The molecule has 0 aromatic heterocycles. The standard InChI is InChI=1S/C20H19BrN2O3/c1-13-17(19(24)26-2)18(15-8-10-16(21)11-9-15)22-20(25)23(13)12-14-6-4-3-5-7-14/h3-11,18H,12H2,1-2H3,(H,22,25)/t18-/m0/s1. The third kappa shape index (κ3) is 3.65. The number of rotatable bonds is 4. The zero-order valence-electron chi connectivity index (χ0n) is 14.5. The lowest BCUT2D eigenvalue weighted by Crippen LogP contribution is -2.47. The number of ether oxygens (including phenoxy) is 1. The highest BCUT2D eigenvalue weighted by Crippen LogP contribution is 2.32. The molecule has 0 radical (unpaired) electrons. The Kier molecular flexibility index (Phi) is 5.42. The Balaban J connectivity index is 2.02. The summed E-state index contributed by atoms with van der Waals surface area (Å²) in [5.74, 6) is -0.450. The third-order valence-electron chi connectivity index (χ3n) is 4.39. The highest BCUT2D eigenvalue weighted by atomic mass is 79.9. The molecule has 0 aliphatic carbocycles. The van der Waals surface area contributed by atoms with Gasteiger partial charge in [0.2, 0.25) is 0 Å². The maximum Gasteiger partial charge on any atom is 0.337 e. The lowest BCUT2D eigenvalue weighted by Gasteiger charge is -2.35. The molecule has 1 atom stereocenters. The number of esters is 1. The van der Waals surface area contributed by atoms with Crippen molar-refractivity contribution in [3.8, 4) is 0 Å². The topological polar surface area (TPSA) is 58.6 Å². The van der Waals surface area contributed by atoms with Crippen molar-refractivity contribution in [3.05, 3.63) is 81.5 Å². The van der Waals surface area contributed by atoms with E-state index in [4.69, 9.17) is 4.74 Å². The van der Waals surface area contributed by atoms with Gasteiger partial charge < -0.3 is 10.1 Å². The Labute approximate surface area is 160 Å². The summed E-state index contributed by atoms with van der Waals surface area (Å²) in [6.45, 7) is 2.16. The normalized spacial score (nSPS) is 17.1. The lowest BCUT2D eigenvalue weighted by molar-refractivity contribution is -0.136. The van der Waals surface area contributed by atoms with E-state index >= 15 is 0 Å². The summed E-state index contributed by atoms with van der Waals surface area (Å²) < 4.78 is 5.91. The first-order valence-corrected chi connectivity index (χ1v) is 8.97. The van der Waals surface area contributed by atoms with Crippen molar-refractivity contribution in [1.82, 2.24) is 10.2 Å². The molecule has 0 spiro atoms. The number of benzene rings is 2. The first kappa shape index (κ1) is 18.2. The van der Waals surface area contributed by atoms with Crippen molar-refractivity contribution in [1.29, 1.82) is 0 Å². The highest BCUT2D eigenvalue weighted by molar-refractivity contribution is 9.10. The minimum atomic E-state index is -0.546. The van der Waals surface area contributed by atoms with Gasteiger partial charge in [0.1, 0.15) is 0 Å². The van der Waals surface area contributed by atoms with Crippen LogP contribution in [0.2, 0.25) is 0 Å². The van der Waals surface area contributed by atoms with Crippen LogP contribution in [0.5, 0.6) is 0 Å². The maximum atomic E-state index is 12.7. The van der Waals surface area contributed by atoms with Crippen molar-refractivity contribution < 1.29 is 14.3 Å². The number of hydrogen-bond donors (Lipinski definition) is 1. The summed E-state index contributed by atoms with van der Waals surface area (Å²) >= 11 is 3.40. The fourth-order valence-corrected chi connectivity index (χ4v) is 3.28. The van der Waals surface area contributed by atoms with Gasteiger partial charge >= 0.3 is 12.0 Å². The first-order chi connectivity index (χ1) is 12.5. The van der Waals surface area contributed by atoms with Crippen LogP contribution in [-0.4, -0.2) is 24.0 Å². The third-order valence-corrected chi connectivity index (χ3v) is 4.92. The largest absolute Gasteiger partial charge is 0.466 e. The Morgan fingerprint density at radius 2 is 1.81 bits per heavy atom. The van der Waals surface area contributed by atoms with E-state index in [-0.39, 0.29) is 6.03 Å². The van der Waals surface area contributed by atoms with Gasteiger partial charge in [-0.15, -0.1) is 0 Å². The minimum Gasteiger partial charge on any atom is -0.466 e. The number of carbonyl (C=O) groups is 2. The summed E-state index contributed by atoms with van der Waals surface area (Å²) in [6.07, 6.45) is 0. The molecule has 1 heterocycles. The number of allylic oxidation sites excluding steroid dienone is 1. The molecule has 0 unspecified atom stereocenters. The van der Waals surface area contributed by atoms with Gasteiger partial charge in [0.05, 0.1) is 25.3 Å². The molecule has 0 bridgehead atoms. The average Bonchev–Trinajstić information content (AvgIpc) is 2.65. The highest BCUT2D eigenvalue weighted by Gasteiger charge is 2.36. The van der Waals surface area contributed by atoms with Crippen LogP contribution in [0.1, 0.15) is 24.1 Å². The molecular formula is C20H19BrN2O3. The number of nitrogens with one attached hydrogen (secondary N) is 1. The number of carbonyl (C=O) groups excluding carboxylic acids is 2. The molecule has 26 heavy (non-hydrogen) atoms. The van der Waals surface area contributed by atoms with Gasteiger partial charge in [0.15, 0.2) is 0 Å². The van der Waals surface area contributed by atoms with Crippen LogP contribution in [0, 0.1) is 0 Å². The summed E-state index contributed by atoms with van der Waals surface area (Å²) in [7, 11) is 1.35. The zero-order chi connectivity index (χ0) is 18.7. The predicted octanol–water partition coefficient (Wildman–Crippen LogP) is 4.16. The number of urea groups is 1. The fourth-order valence-electron chi connectivity index (χ4n) is 3.02. The van der Waals surface area contributed by atoms with E-state index in [2.05, 4.69) is 21.2 Å². The monoisotopic (exact) mass is 414 g/mol. The number of amides is 2. The number of halogens is 1. The van der Waals surface area contributed by atoms with Gasteiger partial charge in [0.25, 0.3) is 0 Å². The van der Waals surface area contributed by atoms with E-state index in [1.54, 1.807) is 11.8 Å². The smallest absolute Gasteiger partial charge is 0.337 e. The van der Waals surface area contributed by atoms with Crippen molar-refractivity contribution in [2.45, 2.75) is 19.5 Å². The van der Waals surface area contributed by atoms with E-state index in [1.165, 1.54) is 7.11 Å². The molecule has 6 heteroatoms. The molecule has 3 rings (SSSR count). The Morgan fingerprint density at radius 1 is 1.15 bits per heavy atom. The Hall–Kier alpha value is -2.60. The quantitative estimate of drug-likeness (QED) is 0.763. The van der Waals surface area contributed by atoms with Crippen molar-refractivity contribution in [2.24, 2.45) is 0 Å². The van der Waals surface area contributed by atoms with Gasteiger partial charge in [-0.05, 0) is 30.2 Å². The molecule has 134 valence electrons. The second kappa shape index (κ2) is 7.74. The van der Waals surface area contributed by atoms with Crippen LogP contribution in [-0.2, 0) is 16.1 Å². The van der Waals surface area contributed by atoms with Crippen molar-refractivity contribution in [3.63, 3.8) is 0 Å². The molecule has 0 fully saturated rings. The molecular weight excluding hydrogens is 396 g/mol. The van der Waals surface area contributed by atoms with Crippen LogP contribution in [0.15, 0.2) is 70.3 Å². The van der Waals surface area contributed by atoms with Crippen LogP contribution < -0.4 is 5.32 Å². The number of nitrogens with zero attached hydrogens (tertiary/aromatic N) is 1. The van der Waals surface area contributed by atoms with E-state index in [9.17, 15) is 9.59 Å². The van der Waals surface area contributed by atoms with Gasteiger partial charge in [-0.3, -0.25) is 4.90 Å². The molecule has 2 amide bonds. The summed E-state index contributed by atoms with van der Waals surface area (Å²) in [4.78, 5) is 26.8. The van der Waals surface area contributed by atoms with E-state index in [1.807, 2.05) is 54.6 Å².